The number of carbonyl (C=O) groups excluding carboxylic acids is 4. The van der Waals surface area contributed by atoms with E-state index in [0.717, 1.165) is 11.6 Å². The maximum atomic E-state index is 13.5. The zero-order chi connectivity index (χ0) is 49.6. The highest BCUT2D eigenvalue weighted by Gasteiger charge is 2.37. The second kappa shape index (κ2) is 23.9. The van der Waals surface area contributed by atoms with Crippen molar-refractivity contribution in [3.63, 3.8) is 0 Å². The maximum Gasteiger partial charge on any atom is 0.436 e. The number of nitrogens with two attached hydrogens (primary N) is 1. The molecule has 0 atom stereocenters. The molecule has 0 bridgehead atoms. The van der Waals surface area contributed by atoms with Gasteiger partial charge in [0.05, 0.1) is 6.04 Å². The van der Waals surface area contributed by atoms with Crippen LogP contribution in [-0.4, -0.2) is 66.0 Å². The predicted molar refractivity (Wildman–Crippen MR) is 244 cm³/mol. The number of nitrogens with zero attached hydrogens (tertiary/aromatic N) is 5. The van der Waals surface area contributed by atoms with Crippen LogP contribution in [-0.2, 0) is 35.0 Å². The molecule has 6 aromatic rings. The molecule has 1 fully saturated rings. The van der Waals surface area contributed by atoms with Crippen molar-refractivity contribution in [2.45, 2.75) is 44.4 Å². The average Bonchev–Trinajstić information content (AvgIpc) is 3.93. The van der Waals surface area contributed by atoms with E-state index in [-0.39, 0.29) is 42.8 Å². The number of benzene rings is 4. The van der Waals surface area contributed by atoms with Gasteiger partial charge in [0, 0.05) is 46.4 Å². The molecular weight excluding hydrogens is 989 g/mol. The summed E-state index contributed by atoms with van der Waals surface area (Å²) in [4.78, 5) is 48.5. The van der Waals surface area contributed by atoms with Gasteiger partial charge in [-0.15, -0.1) is 4.68 Å². The summed E-state index contributed by atoms with van der Waals surface area (Å²) in [6.45, 7) is 0.588. The number of nitrogen functional groups attached to an aromatic ring is 1. The Bertz CT molecular complexity index is 2700. The molecule has 4 aromatic carbocycles. The van der Waals surface area contributed by atoms with Crippen LogP contribution in [0.2, 0.25) is 10.0 Å². The van der Waals surface area contributed by atoms with Crippen molar-refractivity contribution in [2.75, 3.05) is 24.1 Å². The molecule has 1 aliphatic heterocycles. The largest absolute Gasteiger partial charge is 0.445 e. The number of hydrogen-bond donors (Lipinski definition) is 3. The second-order valence-electron chi connectivity index (χ2n) is 14.2. The molecule has 68 heavy (non-hydrogen) atoms. The Hall–Kier alpha value is -6.68. The first-order valence-corrected chi connectivity index (χ1v) is 21.3. The van der Waals surface area contributed by atoms with Gasteiger partial charge in [0.15, 0.2) is 16.5 Å². The molecule has 2 amide bonds. The van der Waals surface area contributed by atoms with Gasteiger partial charge < -0.3 is 25.4 Å². The molecule has 0 unspecified atom stereocenters. The number of amides is 2. The van der Waals surface area contributed by atoms with Crippen molar-refractivity contribution < 1.29 is 55.0 Å². The van der Waals surface area contributed by atoms with Gasteiger partial charge in [-0.2, -0.15) is 36.5 Å². The van der Waals surface area contributed by atoms with E-state index in [1.807, 2.05) is 30.3 Å². The number of alkyl halides is 6. The van der Waals surface area contributed by atoms with Crippen LogP contribution < -0.4 is 16.4 Å². The van der Waals surface area contributed by atoms with Crippen LogP contribution in [0.15, 0.2) is 121 Å². The quantitative estimate of drug-likeness (QED) is 0.0751. The molecule has 0 radical (unpaired) electrons. The van der Waals surface area contributed by atoms with E-state index in [0.29, 0.717) is 44.8 Å². The standard InChI is InChI=1S/C25H23ClF3N5O3S.C12H10F3N3O2.C7H4Cl2O/c26-18-8-4-7-17(13-18)22(35)31-23(38)30-21-14-20(25(27,28)29)32-34(21)19-9-11-33(12-10-19)24(36)37-15-16-5-2-1-3-6-16;13-12(14,15)9-6-10(16)18(17-9)11(19)20-7-8-4-2-1-3-5-8;8-6-3-1-2-5(4-6)7(9)10/h1-8,13-14,19H,9-12,15H2,(H2,30,31,35,38);1-6H,7,16H2;1-4H. The number of ether oxygens (including phenoxy) is 2. The van der Waals surface area contributed by atoms with E-state index in [1.165, 1.54) is 27.8 Å². The molecular formula is C44H37Cl3F6N8O6S. The molecule has 24 heteroatoms. The van der Waals surface area contributed by atoms with Crippen LogP contribution in [0.5, 0.6) is 0 Å². The average molecular weight is 1030 g/mol. The Morgan fingerprint density at radius 3 is 1.68 bits per heavy atom. The summed E-state index contributed by atoms with van der Waals surface area (Å²) in [6, 6.07) is 31.5. The highest BCUT2D eigenvalue weighted by molar-refractivity contribution is 7.80. The molecule has 1 saturated heterocycles. The highest BCUT2D eigenvalue weighted by Crippen LogP contribution is 2.34. The molecule has 3 heterocycles. The fourth-order valence-corrected chi connectivity index (χ4v) is 6.73. The van der Waals surface area contributed by atoms with Crippen molar-refractivity contribution in [1.82, 2.24) is 29.8 Å². The van der Waals surface area contributed by atoms with Crippen molar-refractivity contribution >= 4 is 87.1 Å². The van der Waals surface area contributed by atoms with Crippen molar-refractivity contribution in [3.8, 4) is 0 Å². The van der Waals surface area contributed by atoms with Crippen LogP contribution >= 0.6 is 47.0 Å². The SMILES string of the molecule is Nc1cc(C(F)(F)F)nn1C(=O)OCc1ccccc1.O=C(Cl)c1cccc(Cl)c1.O=C(NC(=S)Nc1cc(C(F)(F)F)nn1C1CCN(C(=O)OCc2ccccc2)CC1)c1cccc(Cl)c1. The Labute approximate surface area is 403 Å². The Morgan fingerprint density at radius 1 is 0.691 bits per heavy atom. The number of anilines is 2. The molecule has 2 aromatic heterocycles. The summed E-state index contributed by atoms with van der Waals surface area (Å²) in [7, 11) is 0. The summed E-state index contributed by atoms with van der Waals surface area (Å²) in [6.07, 6.45) is -10.2. The number of rotatable bonds is 8. The fourth-order valence-electron chi connectivity index (χ4n) is 6.03. The lowest BCUT2D eigenvalue weighted by atomic mass is 10.1. The Kier molecular flexibility index (Phi) is 18.3. The minimum atomic E-state index is -4.69. The summed E-state index contributed by atoms with van der Waals surface area (Å²) >= 11 is 21.8. The predicted octanol–water partition coefficient (Wildman–Crippen LogP) is 11.0. The van der Waals surface area contributed by atoms with Crippen LogP contribution in [0.4, 0.5) is 47.6 Å². The minimum absolute atomic E-state index is 0.0289. The lowest BCUT2D eigenvalue weighted by Crippen LogP contribution is -2.40. The molecule has 0 saturated carbocycles. The van der Waals surface area contributed by atoms with E-state index in [1.54, 1.807) is 60.7 Å². The number of aromatic nitrogens is 4. The normalized spacial score (nSPS) is 12.6. The Morgan fingerprint density at radius 2 is 1.19 bits per heavy atom. The van der Waals surface area contributed by atoms with E-state index in [9.17, 15) is 45.5 Å². The van der Waals surface area contributed by atoms with Crippen molar-refractivity contribution in [1.29, 1.82) is 0 Å². The van der Waals surface area contributed by atoms with Gasteiger partial charge in [-0.1, -0.05) is 96.0 Å². The first-order chi connectivity index (χ1) is 32.2. The molecule has 7 rings (SSSR count). The van der Waals surface area contributed by atoms with E-state index in [4.69, 9.17) is 62.2 Å². The van der Waals surface area contributed by atoms with Crippen molar-refractivity contribution in [3.05, 3.63) is 165 Å². The first-order valence-electron chi connectivity index (χ1n) is 19.8. The fraction of sp³-hybridized carbons (Fsp3) is 0.205. The van der Waals surface area contributed by atoms with Crippen LogP contribution in [0.1, 0.15) is 62.1 Å². The zero-order valence-electron chi connectivity index (χ0n) is 34.9. The lowest BCUT2D eigenvalue weighted by molar-refractivity contribution is -0.142. The lowest BCUT2D eigenvalue weighted by Gasteiger charge is -2.32. The highest BCUT2D eigenvalue weighted by atomic mass is 35.5. The molecule has 4 N–H and O–H groups in total. The van der Waals surface area contributed by atoms with Crippen LogP contribution in [0.25, 0.3) is 0 Å². The number of hydrogen-bond acceptors (Lipinski definition) is 10. The summed E-state index contributed by atoms with van der Waals surface area (Å²) in [5.41, 5.74) is 5.16. The smallest absolute Gasteiger partial charge is 0.436 e. The van der Waals surface area contributed by atoms with Gasteiger partial charge >= 0.3 is 24.5 Å². The minimum Gasteiger partial charge on any atom is -0.445 e. The summed E-state index contributed by atoms with van der Waals surface area (Å²) < 4.78 is 89.4. The van der Waals surface area contributed by atoms with E-state index in [2.05, 4.69) is 20.8 Å². The van der Waals surface area contributed by atoms with Gasteiger partial charge in [-0.3, -0.25) is 14.9 Å². The van der Waals surface area contributed by atoms with Gasteiger partial charge in [-0.25, -0.2) is 14.3 Å². The van der Waals surface area contributed by atoms with Gasteiger partial charge in [-0.05, 0) is 84.2 Å². The third-order valence-corrected chi connectivity index (χ3v) is 10.2. The third-order valence-electron chi connectivity index (χ3n) is 9.31. The first kappa shape index (κ1) is 52.3. The Balaban J connectivity index is 0.000000237. The van der Waals surface area contributed by atoms with E-state index >= 15 is 0 Å². The molecule has 0 spiro atoms. The summed E-state index contributed by atoms with van der Waals surface area (Å²) in [5.74, 6) is -1.04. The number of likely N-dealkylation sites (tertiary alicyclic amines) is 1. The zero-order valence-corrected chi connectivity index (χ0v) is 38.0. The van der Waals surface area contributed by atoms with Crippen LogP contribution in [0.3, 0.4) is 0 Å². The number of thiocarbonyl (C=S) groups is 1. The molecule has 0 aliphatic carbocycles. The number of halogens is 9. The molecule has 1 aliphatic rings. The second-order valence-corrected chi connectivity index (χ2v) is 15.8. The van der Waals surface area contributed by atoms with Gasteiger partial charge in [0.25, 0.3) is 11.1 Å². The van der Waals surface area contributed by atoms with Gasteiger partial charge in [0.2, 0.25) is 0 Å². The monoisotopic (exact) mass is 1020 g/mol. The van der Waals surface area contributed by atoms with Crippen LogP contribution in [0, 0.1) is 0 Å². The van der Waals surface area contributed by atoms with E-state index < -0.39 is 58.9 Å². The maximum absolute atomic E-state index is 13.5. The summed E-state index contributed by atoms with van der Waals surface area (Å²) in [5, 5.41) is 12.1. The number of nitrogens with one attached hydrogen (secondary N) is 2. The topological polar surface area (TPSA) is 176 Å². The number of carbonyl (C=O) groups is 4. The van der Waals surface area contributed by atoms with Gasteiger partial charge in [0.1, 0.15) is 24.8 Å². The number of piperidine rings is 1. The third kappa shape index (κ3) is 15.7. The molecule has 14 nitrogen and oxygen atoms in total. The van der Waals surface area contributed by atoms with Crippen molar-refractivity contribution in [2.24, 2.45) is 0 Å². The molecule has 358 valence electrons.